The molecule has 1 fully saturated rings. The Morgan fingerprint density at radius 3 is 2.88 bits per heavy atom. The van der Waals surface area contributed by atoms with E-state index in [0.717, 1.165) is 30.9 Å². The molecule has 25 heavy (non-hydrogen) atoms. The molecule has 0 unspecified atom stereocenters. The number of rotatable bonds is 5. The zero-order chi connectivity index (χ0) is 17.6. The second-order valence-electron chi connectivity index (χ2n) is 6.30. The number of hydrogen-bond donors (Lipinski definition) is 2. The first-order valence-corrected chi connectivity index (χ1v) is 9.00. The summed E-state index contributed by atoms with van der Waals surface area (Å²) >= 11 is 12.4. The van der Waals surface area contributed by atoms with Crippen LogP contribution < -0.4 is 10.6 Å². The molecule has 3 N–H and O–H groups in total. The minimum atomic E-state index is 0.314. The monoisotopic (exact) mass is 376 g/mol. The zero-order valence-corrected chi connectivity index (χ0v) is 15.2. The first kappa shape index (κ1) is 16.6. The summed E-state index contributed by atoms with van der Waals surface area (Å²) in [4.78, 5) is 11.4. The highest BCUT2D eigenvalue weighted by Crippen LogP contribution is 2.35. The summed E-state index contributed by atoms with van der Waals surface area (Å²) in [6.07, 6.45) is 2.85. The third-order valence-electron chi connectivity index (χ3n) is 4.60. The standard InChI is InChI=1S/C17H18Cl2N6/c1-2-25(8-9-6-12(9)20)13-7-21-16-15(23-24-17(16)22-13)10-4-3-5-11(18)14(10)19/h3-5,7,9,12H,2,6,8,20H2,1H3,(H,22,23,24)/t9-,12+/m0/s1. The number of aromatic amines is 1. The smallest absolute Gasteiger partial charge is 0.177 e. The quantitative estimate of drug-likeness (QED) is 0.711. The Morgan fingerprint density at radius 2 is 2.16 bits per heavy atom. The van der Waals surface area contributed by atoms with Crippen molar-refractivity contribution in [2.45, 2.75) is 19.4 Å². The Morgan fingerprint density at radius 1 is 1.36 bits per heavy atom. The van der Waals surface area contributed by atoms with Gasteiger partial charge in [-0.3, -0.25) is 5.10 Å². The topological polar surface area (TPSA) is 83.7 Å². The zero-order valence-electron chi connectivity index (χ0n) is 13.7. The van der Waals surface area contributed by atoms with Gasteiger partial charge in [-0.1, -0.05) is 35.3 Å². The normalized spacial score (nSPS) is 19.4. The maximum Gasteiger partial charge on any atom is 0.177 e. The van der Waals surface area contributed by atoms with Crippen LogP contribution in [0.1, 0.15) is 13.3 Å². The van der Waals surface area contributed by atoms with Crippen LogP contribution in [0.4, 0.5) is 5.82 Å². The number of benzene rings is 1. The van der Waals surface area contributed by atoms with Crippen molar-refractivity contribution in [3.63, 3.8) is 0 Å². The number of anilines is 1. The van der Waals surface area contributed by atoms with E-state index in [1.54, 1.807) is 12.3 Å². The van der Waals surface area contributed by atoms with Crippen molar-refractivity contribution < 1.29 is 0 Å². The molecule has 0 saturated heterocycles. The number of aromatic nitrogens is 4. The number of nitrogens with one attached hydrogen (secondary N) is 1. The van der Waals surface area contributed by atoms with Gasteiger partial charge in [0.05, 0.1) is 16.2 Å². The van der Waals surface area contributed by atoms with E-state index in [1.807, 2.05) is 12.1 Å². The van der Waals surface area contributed by atoms with Gasteiger partial charge in [0.15, 0.2) is 5.65 Å². The summed E-state index contributed by atoms with van der Waals surface area (Å²) < 4.78 is 0. The van der Waals surface area contributed by atoms with Gasteiger partial charge in [-0.25, -0.2) is 9.97 Å². The number of nitrogens with zero attached hydrogens (tertiary/aromatic N) is 4. The summed E-state index contributed by atoms with van der Waals surface area (Å²) in [5.41, 5.74) is 8.61. The van der Waals surface area contributed by atoms with Crippen molar-refractivity contribution >= 4 is 40.2 Å². The highest BCUT2D eigenvalue weighted by Gasteiger charge is 2.35. The largest absolute Gasteiger partial charge is 0.355 e. The minimum absolute atomic E-state index is 0.314. The molecule has 2 atom stereocenters. The molecule has 0 bridgehead atoms. The van der Waals surface area contributed by atoms with Crippen molar-refractivity contribution in [1.29, 1.82) is 0 Å². The van der Waals surface area contributed by atoms with Crippen molar-refractivity contribution in [3.8, 4) is 11.3 Å². The van der Waals surface area contributed by atoms with Crippen LogP contribution in [0.25, 0.3) is 22.4 Å². The molecular formula is C17H18Cl2N6. The molecule has 1 aliphatic carbocycles. The van der Waals surface area contributed by atoms with E-state index in [1.165, 1.54) is 0 Å². The van der Waals surface area contributed by atoms with Crippen LogP contribution >= 0.6 is 23.2 Å². The van der Waals surface area contributed by atoms with Gasteiger partial charge < -0.3 is 10.6 Å². The first-order valence-electron chi connectivity index (χ1n) is 8.24. The van der Waals surface area contributed by atoms with Gasteiger partial charge >= 0.3 is 0 Å². The highest BCUT2D eigenvalue weighted by molar-refractivity contribution is 6.43. The molecule has 2 heterocycles. The second kappa shape index (κ2) is 6.44. The van der Waals surface area contributed by atoms with Crippen LogP contribution in [0.5, 0.6) is 0 Å². The van der Waals surface area contributed by atoms with E-state index < -0.39 is 0 Å². The van der Waals surface area contributed by atoms with Gasteiger partial charge in [0.1, 0.15) is 17.0 Å². The van der Waals surface area contributed by atoms with E-state index in [4.69, 9.17) is 28.9 Å². The molecule has 0 aliphatic heterocycles. The van der Waals surface area contributed by atoms with Crippen molar-refractivity contribution in [3.05, 3.63) is 34.4 Å². The lowest BCUT2D eigenvalue weighted by atomic mass is 10.1. The van der Waals surface area contributed by atoms with Gasteiger partial charge in [-0.15, -0.1) is 0 Å². The molecule has 0 radical (unpaired) electrons. The second-order valence-corrected chi connectivity index (χ2v) is 7.08. The summed E-state index contributed by atoms with van der Waals surface area (Å²) in [5.74, 6) is 1.36. The Balaban J connectivity index is 1.70. The van der Waals surface area contributed by atoms with E-state index in [9.17, 15) is 0 Å². The van der Waals surface area contributed by atoms with Gasteiger partial charge in [-0.05, 0) is 25.3 Å². The third kappa shape index (κ3) is 3.05. The van der Waals surface area contributed by atoms with E-state index in [2.05, 4.69) is 32.0 Å². The molecule has 1 saturated carbocycles. The van der Waals surface area contributed by atoms with Crippen LogP contribution in [0.3, 0.4) is 0 Å². The average molecular weight is 377 g/mol. The molecule has 2 aromatic heterocycles. The predicted octanol–water partition coefficient (Wildman–Crippen LogP) is 3.50. The van der Waals surface area contributed by atoms with Crippen LogP contribution in [-0.2, 0) is 0 Å². The van der Waals surface area contributed by atoms with Crippen LogP contribution in [0.2, 0.25) is 10.0 Å². The lowest BCUT2D eigenvalue weighted by Crippen LogP contribution is -2.28. The fourth-order valence-electron chi connectivity index (χ4n) is 2.97. The fourth-order valence-corrected chi connectivity index (χ4v) is 3.36. The Bertz CT molecular complexity index is 925. The number of fused-ring (bicyclic) bond motifs is 1. The Kier molecular flexibility index (Phi) is 4.27. The maximum absolute atomic E-state index is 6.31. The minimum Gasteiger partial charge on any atom is -0.355 e. The molecule has 8 heteroatoms. The van der Waals surface area contributed by atoms with Gasteiger partial charge in [0.2, 0.25) is 0 Å². The van der Waals surface area contributed by atoms with Crippen molar-refractivity contribution in [2.75, 3.05) is 18.0 Å². The van der Waals surface area contributed by atoms with Crippen LogP contribution in [0, 0.1) is 5.92 Å². The number of halogens is 2. The first-order chi connectivity index (χ1) is 12.1. The molecule has 0 spiro atoms. The molecular weight excluding hydrogens is 359 g/mol. The lowest BCUT2D eigenvalue weighted by Gasteiger charge is -2.21. The van der Waals surface area contributed by atoms with Gasteiger partial charge in [0, 0.05) is 24.7 Å². The SMILES string of the molecule is CCN(C[C@@H]1C[C@H]1N)c1cnc2c(-c3cccc(Cl)c3Cl)n[nH]c2n1. The average Bonchev–Trinajstić information content (AvgIpc) is 3.15. The van der Waals surface area contributed by atoms with Crippen molar-refractivity contribution in [1.82, 2.24) is 20.2 Å². The molecule has 4 rings (SSSR count). The van der Waals surface area contributed by atoms with Crippen LogP contribution in [-0.4, -0.2) is 39.3 Å². The summed E-state index contributed by atoms with van der Waals surface area (Å²) in [5, 5.41) is 8.24. The summed E-state index contributed by atoms with van der Waals surface area (Å²) in [6.45, 7) is 3.85. The van der Waals surface area contributed by atoms with E-state index >= 15 is 0 Å². The van der Waals surface area contributed by atoms with Gasteiger partial charge in [0.25, 0.3) is 0 Å². The molecule has 1 aliphatic rings. The summed E-state index contributed by atoms with van der Waals surface area (Å²) in [7, 11) is 0. The fraction of sp³-hybridized carbons (Fsp3) is 0.353. The molecule has 6 nitrogen and oxygen atoms in total. The molecule has 130 valence electrons. The Hall–Kier alpha value is -1.89. The molecule has 0 amide bonds. The predicted molar refractivity (Wildman–Crippen MR) is 101 cm³/mol. The number of H-pyrrole nitrogens is 1. The third-order valence-corrected chi connectivity index (χ3v) is 5.42. The Labute approximate surface area is 155 Å². The highest BCUT2D eigenvalue weighted by atomic mass is 35.5. The molecule has 1 aromatic carbocycles. The van der Waals surface area contributed by atoms with Crippen molar-refractivity contribution in [2.24, 2.45) is 11.7 Å². The van der Waals surface area contributed by atoms with E-state index in [-0.39, 0.29) is 0 Å². The lowest BCUT2D eigenvalue weighted by molar-refractivity contribution is 0.710. The number of nitrogens with two attached hydrogens (primary N) is 1. The maximum atomic E-state index is 6.31. The van der Waals surface area contributed by atoms with Gasteiger partial charge in [-0.2, -0.15) is 5.10 Å². The summed E-state index contributed by atoms with van der Waals surface area (Å²) in [6, 6.07) is 5.76. The van der Waals surface area contributed by atoms with E-state index in [0.29, 0.717) is 38.9 Å². The number of hydrogen-bond acceptors (Lipinski definition) is 5. The molecule has 3 aromatic rings. The van der Waals surface area contributed by atoms with Crippen LogP contribution in [0.15, 0.2) is 24.4 Å².